The molecular weight excluding hydrogens is 367 g/mol. The summed E-state index contributed by atoms with van der Waals surface area (Å²) >= 11 is 11.8. The number of nitrogens with one attached hydrogen (secondary N) is 1. The second kappa shape index (κ2) is 6.74. The fraction of sp³-hybridized carbons (Fsp3) is 0.118. The number of imide groups is 1. The van der Waals surface area contributed by atoms with Crippen molar-refractivity contribution in [3.05, 3.63) is 58.1 Å². The maximum Gasteiger partial charge on any atom is 0.335 e. The van der Waals surface area contributed by atoms with E-state index >= 15 is 0 Å². The molecule has 8 heteroatoms. The van der Waals surface area contributed by atoms with Crippen molar-refractivity contribution in [1.82, 2.24) is 0 Å². The van der Waals surface area contributed by atoms with Crippen LogP contribution >= 0.6 is 23.2 Å². The van der Waals surface area contributed by atoms with Crippen LogP contribution in [0.4, 0.5) is 11.4 Å². The van der Waals surface area contributed by atoms with E-state index < -0.39 is 17.9 Å². The first-order valence-electron chi connectivity index (χ1n) is 7.28. The summed E-state index contributed by atoms with van der Waals surface area (Å²) in [5, 5.41) is 12.6. The molecule has 0 radical (unpaired) electrons. The van der Waals surface area contributed by atoms with Gasteiger partial charge in [-0.1, -0.05) is 23.2 Å². The molecule has 0 saturated carbocycles. The molecule has 0 bridgehead atoms. The molecule has 0 aliphatic carbocycles. The van der Waals surface area contributed by atoms with Gasteiger partial charge in [-0.05, 0) is 42.5 Å². The lowest BCUT2D eigenvalue weighted by Gasteiger charge is -2.16. The number of anilines is 2. The number of hydrogen-bond donors (Lipinski definition) is 2. The van der Waals surface area contributed by atoms with Crippen LogP contribution in [0.1, 0.15) is 16.8 Å². The first-order valence-corrected chi connectivity index (χ1v) is 8.04. The Hall–Kier alpha value is -2.57. The molecule has 128 valence electrons. The molecular formula is C17H12Cl2N2O4. The molecule has 3 rings (SSSR count). The van der Waals surface area contributed by atoms with Gasteiger partial charge in [-0.25, -0.2) is 9.69 Å². The van der Waals surface area contributed by atoms with E-state index in [1.807, 2.05) is 0 Å². The van der Waals surface area contributed by atoms with Crippen molar-refractivity contribution in [3.63, 3.8) is 0 Å². The van der Waals surface area contributed by atoms with Gasteiger partial charge in [-0.15, -0.1) is 0 Å². The SMILES string of the molecule is O=C(O)c1ccc(N2C(=O)CC(Nc3ccc(Cl)c(Cl)c3)C2=O)cc1. The van der Waals surface area contributed by atoms with Crippen molar-refractivity contribution in [2.45, 2.75) is 12.5 Å². The normalized spacial score (nSPS) is 17.0. The molecule has 2 amide bonds. The highest BCUT2D eigenvalue weighted by Crippen LogP contribution is 2.28. The molecule has 0 spiro atoms. The summed E-state index contributed by atoms with van der Waals surface area (Å²) in [4.78, 5) is 36.7. The number of carboxylic acid groups (broad SMARTS) is 1. The predicted molar refractivity (Wildman–Crippen MR) is 94.4 cm³/mol. The Bertz CT molecular complexity index is 867. The van der Waals surface area contributed by atoms with E-state index in [2.05, 4.69) is 5.32 Å². The van der Waals surface area contributed by atoms with E-state index in [9.17, 15) is 14.4 Å². The topological polar surface area (TPSA) is 86.7 Å². The molecule has 1 saturated heterocycles. The fourth-order valence-corrected chi connectivity index (χ4v) is 2.85. The number of carbonyl (C=O) groups is 3. The number of hydrogen-bond acceptors (Lipinski definition) is 4. The van der Waals surface area contributed by atoms with Gasteiger partial charge in [0, 0.05) is 5.69 Å². The average molecular weight is 379 g/mol. The van der Waals surface area contributed by atoms with Gasteiger partial charge in [0.2, 0.25) is 5.91 Å². The van der Waals surface area contributed by atoms with Crippen molar-refractivity contribution in [3.8, 4) is 0 Å². The summed E-state index contributed by atoms with van der Waals surface area (Å²) in [6, 6.07) is 9.65. The Kier molecular flexibility index (Phi) is 4.65. The highest BCUT2D eigenvalue weighted by molar-refractivity contribution is 6.42. The van der Waals surface area contributed by atoms with Crippen LogP contribution in [0.2, 0.25) is 10.0 Å². The Balaban J connectivity index is 1.79. The zero-order valence-corrected chi connectivity index (χ0v) is 14.2. The third-order valence-corrected chi connectivity index (χ3v) is 4.52. The number of rotatable bonds is 4. The Morgan fingerprint density at radius 3 is 2.36 bits per heavy atom. The van der Waals surface area contributed by atoms with Crippen LogP contribution < -0.4 is 10.2 Å². The standard InChI is InChI=1S/C17H12Cl2N2O4/c18-12-6-3-10(7-13(12)19)20-14-8-15(22)21(16(14)23)11-4-1-9(2-5-11)17(24)25/h1-7,14,20H,8H2,(H,24,25). The summed E-state index contributed by atoms with van der Waals surface area (Å²) in [7, 11) is 0. The molecule has 2 aromatic rings. The van der Waals surface area contributed by atoms with E-state index in [-0.39, 0.29) is 17.9 Å². The highest BCUT2D eigenvalue weighted by Gasteiger charge is 2.39. The second-order valence-electron chi connectivity index (χ2n) is 5.45. The lowest BCUT2D eigenvalue weighted by atomic mass is 10.2. The number of aromatic carboxylic acids is 1. The zero-order valence-electron chi connectivity index (χ0n) is 12.7. The third kappa shape index (κ3) is 3.45. The van der Waals surface area contributed by atoms with E-state index in [4.69, 9.17) is 28.3 Å². The Labute approximate surface area is 153 Å². The summed E-state index contributed by atoms with van der Waals surface area (Å²) in [6.07, 6.45) is -0.0141. The lowest BCUT2D eigenvalue weighted by Crippen LogP contribution is -2.34. The number of nitrogens with zero attached hydrogens (tertiary/aromatic N) is 1. The first-order chi connectivity index (χ1) is 11.9. The molecule has 25 heavy (non-hydrogen) atoms. The van der Waals surface area contributed by atoms with Crippen LogP contribution in [0, 0.1) is 0 Å². The monoisotopic (exact) mass is 378 g/mol. The number of carbonyl (C=O) groups excluding carboxylic acids is 2. The number of halogens is 2. The van der Waals surface area contributed by atoms with E-state index in [0.29, 0.717) is 21.4 Å². The molecule has 1 fully saturated rings. The minimum Gasteiger partial charge on any atom is -0.478 e. The van der Waals surface area contributed by atoms with Crippen molar-refractivity contribution < 1.29 is 19.5 Å². The average Bonchev–Trinajstić information content (AvgIpc) is 2.85. The highest BCUT2D eigenvalue weighted by atomic mass is 35.5. The van der Waals surface area contributed by atoms with E-state index in [0.717, 1.165) is 4.90 Å². The summed E-state index contributed by atoms with van der Waals surface area (Å²) in [5.41, 5.74) is 0.982. The minimum absolute atomic E-state index is 0.0141. The van der Waals surface area contributed by atoms with Gasteiger partial charge >= 0.3 is 5.97 Å². The number of amides is 2. The van der Waals surface area contributed by atoms with Crippen LogP contribution in [-0.4, -0.2) is 28.9 Å². The van der Waals surface area contributed by atoms with Crippen molar-refractivity contribution in [2.24, 2.45) is 0 Å². The summed E-state index contributed by atoms with van der Waals surface area (Å²) in [6.45, 7) is 0. The van der Waals surface area contributed by atoms with Gasteiger partial charge in [-0.3, -0.25) is 9.59 Å². The van der Waals surface area contributed by atoms with Crippen LogP contribution in [-0.2, 0) is 9.59 Å². The molecule has 2 N–H and O–H groups in total. The molecule has 0 aromatic heterocycles. The zero-order chi connectivity index (χ0) is 18.1. The maximum absolute atomic E-state index is 12.6. The molecule has 1 unspecified atom stereocenters. The minimum atomic E-state index is -1.08. The largest absolute Gasteiger partial charge is 0.478 e. The van der Waals surface area contributed by atoms with Crippen LogP contribution in [0.25, 0.3) is 0 Å². The molecule has 6 nitrogen and oxygen atoms in total. The van der Waals surface area contributed by atoms with E-state index in [1.165, 1.54) is 24.3 Å². The van der Waals surface area contributed by atoms with Gasteiger partial charge < -0.3 is 10.4 Å². The first kappa shape index (κ1) is 17.3. The van der Waals surface area contributed by atoms with Crippen molar-refractivity contribution >= 4 is 52.4 Å². The van der Waals surface area contributed by atoms with Gasteiger partial charge in [0.25, 0.3) is 5.91 Å². The summed E-state index contributed by atoms with van der Waals surface area (Å²) < 4.78 is 0. The molecule has 1 aliphatic heterocycles. The van der Waals surface area contributed by atoms with Gasteiger partial charge in [-0.2, -0.15) is 0 Å². The third-order valence-electron chi connectivity index (χ3n) is 3.78. The smallest absolute Gasteiger partial charge is 0.335 e. The summed E-state index contributed by atoms with van der Waals surface area (Å²) in [5.74, 6) is -1.87. The Morgan fingerprint density at radius 1 is 1.08 bits per heavy atom. The molecule has 1 aliphatic rings. The lowest BCUT2D eigenvalue weighted by molar-refractivity contribution is -0.121. The quantitative estimate of drug-likeness (QED) is 0.795. The predicted octanol–water partition coefficient (Wildman–Crippen LogP) is 3.44. The second-order valence-corrected chi connectivity index (χ2v) is 6.26. The van der Waals surface area contributed by atoms with Gasteiger partial charge in [0.1, 0.15) is 6.04 Å². The van der Waals surface area contributed by atoms with Crippen molar-refractivity contribution in [1.29, 1.82) is 0 Å². The van der Waals surface area contributed by atoms with Crippen LogP contribution in [0.3, 0.4) is 0 Å². The molecule has 1 atom stereocenters. The maximum atomic E-state index is 12.6. The van der Waals surface area contributed by atoms with Gasteiger partial charge in [0.05, 0.1) is 27.7 Å². The molecule has 1 heterocycles. The van der Waals surface area contributed by atoms with Gasteiger partial charge in [0.15, 0.2) is 0 Å². The van der Waals surface area contributed by atoms with E-state index in [1.54, 1.807) is 18.2 Å². The van der Waals surface area contributed by atoms with Crippen molar-refractivity contribution in [2.75, 3.05) is 10.2 Å². The van der Waals surface area contributed by atoms with Crippen LogP contribution in [0.5, 0.6) is 0 Å². The van der Waals surface area contributed by atoms with Crippen LogP contribution in [0.15, 0.2) is 42.5 Å². The molecule has 2 aromatic carbocycles. The Morgan fingerprint density at radius 2 is 1.76 bits per heavy atom. The number of carboxylic acids is 1. The fourth-order valence-electron chi connectivity index (χ4n) is 2.56. The number of benzene rings is 2.